The Bertz CT molecular complexity index is 456. The molecule has 0 saturated carbocycles. The lowest BCUT2D eigenvalue weighted by Gasteiger charge is -2.25. The van der Waals surface area contributed by atoms with Crippen molar-refractivity contribution in [3.05, 3.63) is 0 Å². The van der Waals surface area contributed by atoms with Gasteiger partial charge in [0.2, 0.25) is 10.0 Å². The summed E-state index contributed by atoms with van der Waals surface area (Å²) < 4.78 is 54.4. The molecule has 19 heavy (non-hydrogen) atoms. The second-order valence-electron chi connectivity index (χ2n) is 4.64. The Morgan fingerprint density at radius 2 is 1.95 bits per heavy atom. The highest BCUT2D eigenvalue weighted by Crippen LogP contribution is 2.19. The van der Waals surface area contributed by atoms with Crippen LogP contribution in [0.3, 0.4) is 0 Å². The summed E-state index contributed by atoms with van der Waals surface area (Å²) in [6.45, 7) is 0.247. The van der Waals surface area contributed by atoms with Crippen LogP contribution in [-0.4, -0.2) is 59.2 Å². The van der Waals surface area contributed by atoms with Gasteiger partial charge in [-0.15, -0.1) is 11.6 Å². The maximum absolute atomic E-state index is 12.2. The van der Waals surface area contributed by atoms with Crippen LogP contribution in [0.4, 0.5) is 0 Å². The number of hydrogen-bond acceptors (Lipinski definition) is 5. The van der Waals surface area contributed by atoms with Crippen molar-refractivity contribution >= 4 is 31.5 Å². The fourth-order valence-electron chi connectivity index (χ4n) is 2.02. The molecular weight excluding hydrogens is 314 g/mol. The van der Waals surface area contributed by atoms with E-state index in [0.29, 0.717) is 12.3 Å². The van der Waals surface area contributed by atoms with E-state index in [1.54, 1.807) is 0 Å². The lowest BCUT2D eigenvalue weighted by molar-refractivity contribution is 0.173. The van der Waals surface area contributed by atoms with E-state index in [9.17, 15) is 16.8 Å². The largest absolute Gasteiger partial charge is 0.383 e. The van der Waals surface area contributed by atoms with Crippen molar-refractivity contribution in [3.8, 4) is 0 Å². The number of ether oxygens (including phenoxy) is 1. The third-order valence-electron chi connectivity index (χ3n) is 3.10. The molecule has 1 heterocycles. The number of methoxy groups -OCH3 is 1. The average molecular weight is 334 g/mol. The zero-order chi connectivity index (χ0) is 14.5. The van der Waals surface area contributed by atoms with Gasteiger partial charge in [-0.1, -0.05) is 0 Å². The van der Waals surface area contributed by atoms with Gasteiger partial charge in [-0.05, 0) is 19.3 Å². The smallest absolute Gasteiger partial charge is 0.214 e. The molecule has 1 unspecified atom stereocenters. The first-order valence-electron chi connectivity index (χ1n) is 6.07. The minimum atomic E-state index is -3.53. The van der Waals surface area contributed by atoms with E-state index in [0.717, 1.165) is 0 Å². The van der Waals surface area contributed by atoms with Gasteiger partial charge in [0, 0.05) is 19.0 Å². The van der Waals surface area contributed by atoms with E-state index in [-0.39, 0.29) is 37.0 Å². The van der Waals surface area contributed by atoms with E-state index in [4.69, 9.17) is 16.3 Å². The quantitative estimate of drug-likeness (QED) is 0.669. The predicted molar refractivity (Wildman–Crippen MR) is 74.7 cm³/mol. The summed E-state index contributed by atoms with van der Waals surface area (Å²) in [6.07, 6.45) is 0.774. The third-order valence-corrected chi connectivity index (χ3v) is 7.04. The average Bonchev–Trinajstić information content (AvgIpc) is 2.28. The molecule has 1 aliphatic heterocycles. The van der Waals surface area contributed by atoms with Crippen LogP contribution in [0.25, 0.3) is 0 Å². The van der Waals surface area contributed by atoms with Gasteiger partial charge in [0.15, 0.2) is 0 Å². The summed E-state index contributed by atoms with van der Waals surface area (Å²) in [6, 6.07) is -0.369. The highest BCUT2D eigenvalue weighted by molar-refractivity contribution is 7.92. The van der Waals surface area contributed by atoms with Crippen LogP contribution in [0.15, 0.2) is 0 Å². The number of sulfone groups is 1. The van der Waals surface area contributed by atoms with Crippen molar-refractivity contribution in [1.29, 1.82) is 0 Å². The molecule has 0 aromatic rings. The Hall–Kier alpha value is 0.110. The number of hydrogen-bond donors (Lipinski definition) is 1. The number of rotatable bonds is 7. The van der Waals surface area contributed by atoms with E-state index >= 15 is 0 Å². The van der Waals surface area contributed by atoms with Gasteiger partial charge in [0.05, 0.1) is 23.4 Å². The predicted octanol–water partition coefficient (Wildman–Crippen LogP) is 0.127. The van der Waals surface area contributed by atoms with Crippen LogP contribution >= 0.6 is 11.6 Å². The minimum Gasteiger partial charge on any atom is -0.383 e. The first-order valence-corrected chi connectivity index (χ1v) is 9.97. The van der Waals surface area contributed by atoms with E-state index in [2.05, 4.69) is 4.72 Å². The molecule has 0 aromatic carbocycles. The van der Waals surface area contributed by atoms with Crippen molar-refractivity contribution < 1.29 is 21.6 Å². The molecule has 0 radical (unpaired) electrons. The molecule has 0 spiro atoms. The van der Waals surface area contributed by atoms with Crippen LogP contribution in [0.2, 0.25) is 0 Å². The zero-order valence-corrected chi connectivity index (χ0v) is 13.2. The normalized spacial score (nSPS) is 22.2. The lowest BCUT2D eigenvalue weighted by Crippen LogP contribution is -2.45. The molecule has 0 bridgehead atoms. The number of alkyl halides is 1. The van der Waals surface area contributed by atoms with Crippen molar-refractivity contribution in [2.75, 3.05) is 31.1 Å². The second kappa shape index (κ2) is 7.21. The molecule has 1 rings (SSSR count). The monoisotopic (exact) mass is 333 g/mol. The van der Waals surface area contributed by atoms with Gasteiger partial charge < -0.3 is 4.74 Å². The fourth-order valence-corrected chi connectivity index (χ4v) is 5.77. The molecule has 1 N–H and O–H groups in total. The lowest BCUT2D eigenvalue weighted by atomic mass is 10.2. The van der Waals surface area contributed by atoms with Gasteiger partial charge in [0.1, 0.15) is 9.84 Å². The van der Waals surface area contributed by atoms with Crippen LogP contribution in [0.5, 0.6) is 0 Å². The first kappa shape index (κ1) is 17.2. The van der Waals surface area contributed by atoms with Gasteiger partial charge >= 0.3 is 0 Å². The summed E-state index contributed by atoms with van der Waals surface area (Å²) in [7, 11) is -5.10. The van der Waals surface area contributed by atoms with E-state index < -0.39 is 25.1 Å². The van der Waals surface area contributed by atoms with Crippen LogP contribution < -0.4 is 4.72 Å². The molecule has 6 nitrogen and oxygen atoms in total. The fraction of sp³-hybridized carbons (Fsp3) is 1.00. The minimum absolute atomic E-state index is 0.0664. The summed E-state index contributed by atoms with van der Waals surface area (Å²) in [5.41, 5.74) is 0. The van der Waals surface area contributed by atoms with Crippen molar-refractivity contribution in [3.63, 3.8) is 0 Å². The van der Waals surface area contributed by atoms with Crippen LogP contribution in [0.1, 0.15) is 19.3 Å². The van der Waals surface area contributed by atoms with E-state index in [1.165, 1.54) is 7.11 Å². The Morgan fingerprint density at radius 1 is 1.37 bits per heavy atom. The number of halogens is 1. The molecule has 1 fully saturated rings. The van der Waals surface area contributed by atoms with Crippen molar-refractivity contribution in [2.45, 2.75) is 30.6 Å². The molecule has 0 amide bonds. The second-order valence-corrected chi connectivity index (χ2v) is 9.32. The van der Waals surface area contributed by atoms with Crippen molar-refractivity contribution in [2.24, 2.45) is 0 Å². The van der Waals surface area contributed by atoms with Crippen LogP contribution in [0, 0.1) is 0 Å². The first-order chi connectivity index (χ1) is 8.80. The molecule has 1 aliphatic rings. The van der Waals surface area contributed by atoms with Crippen molar-refractivity contribution in [1.82, 2.24) is 4.72 Å². The summed E-state index contributed by atoms with van der Waals surface area (Å²) >= 11 is 5.61. The highest BCUT2D eigenvalue weighted by Gasteiger charge is 2.33. The molecule has 0 aliphatic carbocycles. The van der Waals surface area contributed by atoms with E-state index in [1.807, 2.05) is 0 Å². The van der Waals surface area contributed by atoms with Crippen LogP contribution in [-0.2, 0) is 24.6 Å². The molecular formula is C10H20ClNO5S2. The number of sulfonamides is 1. The SMILES string of the molecule is COCC(CCCl)NS(=O)(=O)C1CCS(=O)(=O)CC1. The molecule has 1 saturated heterocycles. The summed E-state index contributed by atoms with van der Waals surface area (Å²) in [5, 5.41) is -0.647. The summed E-state index contributed by atoms with van der Waals surface area (Å²) in [5.74, 6) is 0.196. The number of nitrogens with one attached hydrogen (secondary N) is 1. The van der Waals surface area contributed by atoms with Gasteiger partial charge in [-0.3, -0.25) is 0 Å². The van der Waals surface area contributed by atoms with Gasteiger partial charge in [-0.2, -0.15) is 0 Å². The Balaban J connectivity index is 2.65. The molecule has 114 valence electrons. The Morgan fingerprint density at radius 3 is 2.42 bits per heavy atom. The molecule has 9 heteroatoms. The van der Waals surface area contributed by atoms with Gasteiger partial charge in [-0.25, -0.2) is 21.6 Å². The Labute approximate surface area is 119 Å². The highest BCUT2D eigenvalue weighted by atomic mass is 35.5. The third kappa shape index (κ3) is 5.55. The maximum atomic E-state index is 12.2. The summed E-state index contributed by atoms with van der Waals surface area (Å²) in [4.78, 5) is 0. The zero-order valence-electron chi connectivity index (χ0n) is 10.8. The molecule has 1 atom stereocenters. The topological polar surface area (TPSA) is 89.5 Å². The maximum Gasteiger partial charge on any atom is 0.214 e. The Kier molecular flexibility index (Phi) is 6.52. The standard InChI is InChI=1S/C10H20ClNO5S2/c1-17-8-9(2-5-11)12-19(15,16)10-3-6-18(13,14)7-4-10/h9-10,12H,2-8H2,1H3. The van der Waals surface area contributed by atoms with Gasteiger partial charge in [0.25, 0.3) is 0 Å². The molecule has 0 aromatic heterocycles.